The second kappa shape index (κ2) is 7.58. The van der Waals surface area contributed by atoms with Gasteiger partial charge in [0.15, 0.2) is 0 Å². The molecule has 1 N–H and O–H groups in total. The summed E-state index contributed by atoms with van der Waals surface area (Å²) in [5, 5.41) is 3.40. The fourth-order valence-corrected chi connectivity index (χ4v) is 1.56. The van der Waals surface area contributed by atoms with E-state index < -0.39 is 0 Å². The van der Waals surface area contributed by atoms with E-state index in [2.05, 4.69) is 37.6 Å². The summed E-state index contributed by atoms with van der Waals surface area (Å²) in [7, 11) is 0. The Labute approximate surface area is 103 Å². The highest BCUT2D eigenvalue weighted by molar-refractivity contribution is 7.98. The van der Waals surface area contributed by atoms with Gasteiger partial charge in [-0.3, -0.25) is 0 Å². The Hall–Kier alpha value is -0.670. The highest BCUT2D eigenvalue weighted by Gasteiger charge is 1.98. The van der Waals surface area contributed by atoms with Gasteiger partial charge in [0, 0.05) is 18.3 Å². The molecule has 0 aliphatic heterocycles. The molecule has 0 amide bonds. The van der Waals surface area contributed by atoms with Gasteiger partial charge in [0.25, 0.3) is 0 Å². The van der Waals surface area contributed by atoms with E-state index in [1.165, 1.54) is 5.56 Å². The smallest absolute Gasteiger partial charge is 0.119 e. The largest absolute Gasteiger partial charge is 0.493 e. The molecule has 0 saturated heterocycles. The maximum absolute atomic E-state index is 5.65. The number of nitrogens with one attached hydrogen (secondary N) is 1. The van der Waals surface area contributed by atoms with Crippen LogP contribution in [0.4, 0.5) is 0 Å². The molecule has 0 aliphatic rings. The first-order chi connectivity index (χ1) is 7.72. The Balaban J connectivity index is 2.43. The number of rotatable bonds is 7. The zero-order valence-electron chi connectivity index (χ0n) is 10.3. The second-order valence-corrected chi connectivity index (χ2v) is 5.01. The van der Waals surface area contributed by atoms with Gasteiger partial charge in [-0.1, -0.05) is 26.0 Å². The van der Waals surface area contributed by atoms with E-state index in [0.29, 0.717) is 6.04 Å². The predicted molar refractivity (Wildman–Crippen MR) is 72.3 cm³/mol. The van der Waals surface area contributed by atoms with Crippen molar-refractivity contribution in [3.05, 3.63) is 29.8 Å². The molecule has 0 saturated carbocycles. The lowest BCUT2D eigenvalue weighted by atomic mass is 10.2. The Bertz CT molecular complexity index is 302. The maximum Gasteiger partial charge on any atom is 0.119 e. The highest BCUT2D eigenvalue weighted by atomic mass is 32.2. The van der Waals surface area contributed by atoms with Crippen molar-refractivity contribution >= 4 is 11.8 Å². The maximum atomic E-state index is 5.65. The first-order valence-corrected chi connectivity index (χ1v) is 7.06. The van der Waals surface area contributed by atoms with E-state index in [-0.39, 0.29) is 0 Å². The van der Waals surface area contributed by atoms with Crippen molar-refractivity contribution < 1.29 is 4.74 Å². The van der Waals surface area contributed by atoms with E-state index >= 15 is 0 Å². The van der Waals surface area contributed by atoms with Crippen LogP contribution in [0.2, 0.25) is 0 Å². The molecule has 16 heavy (non-hydrogen) atoms. The van der Waals surface area contributed by atoms with Gasteiger partial charge in [-0.25, -0.2) is 0 Å². The summed E-state index contributed by atoms with van der Waals surface area (Å²) < 4.78 is 5.65. The summed E-state index contributed by atoms with van der Waals surface area (Å²) in [6.45, 7) is 5.98. The van der Waals surface area contributed by atoms with Crippen LogP contribution in [0.15, 0.2) is 24.3 Å². The molecule has 90 valence electrons. The average molecular weight is 239 g/mol. The van der Waals surface area contributed by atoms with Gasteiger partial charge in [0.1, 0.15) is 5.75 Å². The fraction of sp³-hybridized carbons (Fsp3) is 0.538. The number of benzene rings is 1. The molecule has 0 unspecified atom stereocenters. The first kappa shape index (κ1) is 13.4. The van der Waals surface area contributed by atoms with Gasteiger partial charge in [-0.15, -0.1) is 0 Å². The van der Waals surface area contributed by atoms with Crippen molar-refractivity contribution in [2.45, 2.75) is 26.4 Å². The monoisotopic (exact) mass is 239 g/mol. The molecule has 0 aromatic heterocycles. The normalized spacial score (nSPS) is 10.8. The highest BCUT2D eigenvalue weighted by Crippen LogP contribution is 2.13. The minimum Gasteiger partial charge on any atom is -0.493 e. The predicted octanol–water partition coefficient (Wildman–Crippen LogP) is 2.93. The molecular formula is C13H21NOS. The van der Waals surface area contributed by atoms with Crippen LogP contribution in [0.25, 0.3) is 0 Å². The van der Waals surface area contributed by atoms with E-state index in [9.17, 15) is 0 Å². The molecule has 3 heteroatoms. The third kappa shape index (κ3) is 5.42. The summed E-state index contributed by atoms with van der Waals surface area (Å²) in [6.07, 6.45) is 2.09. The quantitative estimate of drug-likeness (QED) is 0.739. The molecule has 0 spiro atoms. The standard InChI is InChI=1S/C13H21NOS/c1-11(2)14-10-12-5-4-6-13(9-12)15-7-8-16-3/h4-6,9,11,14H,7-8,10H2,1-3H3. The SMILES string of the molecule is CSCCOc1cccc(CNC(C)C)c1. The van der Waals surface area contributed by atoms with Crippen molar-refractivity contribution in [2.75, 3.05) is 18.6 Å². The lowest BCUT2D eigenvalue weighted by Gasteiger charge is -2.10. The van der Waals surface area contributed by atoms with Gasteiger partial charge in [0.2, 0.25) is 0 Å². The Morgan fingerprint density at radius 2 is 2.19 bits per heavy atom. The van der Waals surface area contributed by atoms with Crippen LogP contribution in [-0.4, -0.2) is 24.7 Å². The molecule has 0 fully saturated rings. The Kier molecular flexibility index (Phi) is 6.34. The molecule has 2 nitrogen and oxygen atoms in total. The summed E-state index contributed by atoms with van der Waals surface area (Å²) in [5.41, 5.74) is 1.27. The van der Waals surface area contributed by atoms with Gasteiger partial charge >= 0.3 is 0 Å². The van der Waals surface area contributed by atoms with Crippen LogP contribution in [0.1, 0.15) is 19.4 Å². The minimum absolute atomic E-state index is 0.515. The summed E-state index contributed by atoms with van der Waals surface area (Å²) in [5.74, 6) is 2.01. The topological polar surface area (TPSA) is 21.3 Å². The molecule has 0 bridgehead atoms. The molecule has 0 atom stereocenters. The van der Waals surface area contributed by atoms with Crippen LogP contribution < -0.4 is 10.1 Å². The zero-order valence-corrected chi connectivity index (χ0v) is 11.1. The van der Waals surface area contributed by atoms with Gasteiger partial charge < -0.3 is 10.1 Å². The summed E-state index contributed by atoms with van der Waals surface area (Å²) >= 11 is 1.80. The van der Waals surface area contributed by atoms with Crippen LogP contribution in [0, 0.1) is 0 Å². The van der Waals surface area contributed by atoms with Gasteiger partial charge in [0.05, 0.1) is 6.61 Å². The first-order valence-electron chi connectivity index (χ1n) is 5.66. The van der Waals surface area contributed by atoms with Crippen molar-refractivity contribution in [3.63, 3.8) is 0 Å². The van der Waals surface area contributed by atoms with Crippen LogP contribution in [0.5, 0.6) is 5.75 Å². The van der Waals surface area contributed by atoms with E-state index in [1.54, 1.807) is 11.8 Å². The van der Waals surface area contributed by atoms with Crippen LogP contribution in [-0.2, 0) is 6.54 Å². The van der Waals surface area contributed by atoms with Crippen molar-refractivity contribution in [3.8, 4) is 5.75 Å². The molecule has 0 heterocycles. The third-order valence-corrected chi connectivity index (χ3v) is 2.74. The average Bonchev–Trinajstić information content (AvgIpc) is 2.27. The zero-order chi connectivity index (χ0) is 11.8. The molecular weight excluding hydrogens is 218 g/mol. The number of thioether (sulfide) groups is 1. The fourth-order valence-electron chi connectivity index (χ4n) is 1.31. The number of hydrogen-bond donors (Lipinski definition) is 1. The van der Waals surface area contributed by atoms with Crippen LogP contribution >= 0.6 is 11.8 Å². The number of hydrogen-bond acceptors (Lipinski definition) is 3. The number of ether oxygens (including phenoxy) is 1. The second-order valence-electron chi connectivity index (χ2n) is 4.02. The van der Waals surface area contributed by atoms with Gasteiger partial charge in [-0.2, -0.15) is 11.8 Å². The lowest BCUT2D eigenvalue weighted by molar-refractivity contribution is 0.343. The van der Waals surface area contributed by atoms with Crippen LogP contribution in [0.3, 0.4) is 0 Å². The lowest BCUT2D eigenvalue weighted by Crippen LogP contribution is -2.21. The molecule has 1 aromatic rings. The molecule has 1 aromatic carbocycles. The molecule has 0 aliphatic carbocycles. The summed E-state index contributed by atoms with van der Waals surface area (Å²) in [4.78, 5) is 0. The van der Waals surface area contributed by atoms with E-state index in [0.717, 1.165) is 24.7 Å². The Morgan fingerprint density at radius 3 is 2.88 bits per heavy atom. The minimum atomic E-state index is 0.515. The van der Waals surface area contributed by atoms with Gasteiger partial charge in [-0.05, 0) is 24.0 Å². The van der Waals surface area contributed by atoms with Crippen molar-refractivity contribution in [1.29, 1.82) is 0 Å². The third-order valence-electron chi connectivity index (χ3n) is 2.17. The van der Waals surface area contributed by atoms with Crippen molar-refractivity contribution in [2.24, 2.45) is 0 Å². The summed E-state index contributed by atoms with van der Waals surface area (Å²) in [6, 6.07) is 8.80. The molecule has 0 radical (unpaired) electrons. The molecule has 1 rings (SSSR count). The Morgan fingerprint density at radius 1 is 1.38 bits per heavy atom. The van der Waals surface area contributed by atoms with E-state index in [1.807, 2.05) is 12.1 Å². The van der Waals surface area contributed by atoms with Crippen molar-refractivity contribution in [1.82, 2.24) is 5.32 Å². The van der Waals surface area contributed by atoms with E-state index in [4.69, 9.17) is 4.74 Å².